The molecule has 6 aliphatic heterocycles. The molecule has 0 radical (unpaired) electrons. The number of hydrogen-bond acceptors (Lipinski definition) is 28. The van der Waals surface area contributed by atoms with Crippen LogP contribution in [0, 0.1) is 47.3 Å². The van der Waals surface area contributed by atoms with Gasteiger partial charge in [-0.2, -0.15) is 0 Å². The van der Waals surface area contributed by atoms with Crippen molar-refractivity contribution in [2.75, 3.05) is 48.5 Å². The second kappa shape index (κ2) is 35.8. The Balaban J connectivity index is 1.31. The van der Waals surface area contributed by atoms with Crippen molar-refractivity contribution < 1.29 is 127 Å². The molecule has 28 nitrogen and oxygen atoms in total. The van der Waals surface area contributed by atoms with Gasteiger partial charge in [-0.15, -0.1) is 0 Å². The zero-order valence-corrected chi connectivity index (χ0v) is 66.4. The van der Waals surface area contributed by atoms with E-state index >= 15 is 0 Å². The lowest BCUT2D eigenvalue weighted by Gasteiger charge is -2.50. The lowest BCUT2D eigenvalue weighted by atomic mass is 9.73. The first kappa shape index (κ1) is 89.6. The van der Waals surface area contributed by atoms with Crippen LogP contribution in [-0.2, 0) is 76.0 Å². The molecule has 103 heavy (non-hydrogen) atoms. The zero-order chi connectivity index (χ0) is 78.0. The highest BCUT2D eigenvalue weighted by Crippen LogP contribution is 2.45. The molecular weight excluding hydrogens is 1340 g/mol. The largest absolute Gasteiger partial charge is 0.459 e. The first-order valence-electron chi connectivity index (χ1n) is 37.8. The second-order valence-electron chi connectivity index (χ2n) is 33.4. The molecule has 37 atom stereocenters. The van der Waals surface area contributed by atoms with E-state index < -0.39 is 240 Å². The summed E-state index contributed by atoms with van der Waals surface area (Å²) in [7, 11) is 8.12. The average Bonchev–Trinajstić information content (AvgIpc) is 0.779. The Morgan fingerprint density at radius 3 is 1.22 bits per heavy atom. The van der Waals surface area contributed by atoms with Gasteiger partial charge in [0, 0.05) is 88.9 Å². The van der Waals surface area contributed by atoms with Crippen molar-refractivity contribution in [3.8, 4) is 0 Å². The van der Waals surface area contributed by atoms with Crippen LogP contribution in [0.5, 0.6) is 0 Å². The fraction of sp³-hybridized carbons (Fsp3) is 0.960. The van der Waals surface area contributed by atoms with Gasteiger partial charge >= 0.3 is 11.9 Å². The van der Waals surface area contributed by atoms with Crippen molar-refractivity contribution in [3.63, 3.8) is 0 Å². The summed E-state index contributed by atoms with van der Waals surface area (Å²) < 4.78 is 83.8. The number of ether oxygens (including phenoxy) is 13. The predicted octanol–water partition coefficient (Wildman–Crippen LogP) is 3.77. The monoisotopic (exact) mass is 1480 g/mol. The SMILES string of the molecule is CC[C@H]1OC(=O)[C@H](C)[C@@H](O[C@H]2C[C@@](C)(OC)[C@@H](O)[C@H](C)O2)[C@H](C)[C@@H](O[C@@H]2O[C@H](C)C[C@H](N(C)CCN(C)[C@H]3C[C@@H](C)O[C@@H](O[C@@H]4[C@@H](C)[C@H](O[C@H]5C[C@@](C)(OC)[C@@H](O)[C@H](C)O5)[C@@H](C)C(=O)O[C@H](CC)[C@@](C)(O)[C@H](O)[C@@H](C)C(=O)[C@H](C)C[C@@]4(C)OC)[C@@H]3O)[C@H]2O)[C@](C)(O)C[C@@H](C)[C@H](O)[C@H](C)[C@@H](O)[C@]1(C)O. The number of methoxy groups -OCH3 is 3. The van der Waals surface area contributed by atoms with Crippen LogP contribution >= 0.6 is 0 Å². The summed E-state index contributed by atoms with van der Waals surface area (Å²) in [6.45, 7) is 33.7. The highest BCUT2D eigenvalue weighted by atomic mass is 16.7. The van der Waals surface area contributed by atoms with Crippen LogP contribution in [0.1, 0.15) is 190 Å². The number of rotatable bonds is 18. The van der Waals surface area contributed by atoms with E-state index in [9.17, 15) is 65.4 Å². The van der Waals surface area contributed by atoms with Gasteiger partial charge in [0.2, 0.25) is 0 Å². The van der Waals surface area contributed by atoms with Gasteiger partial charge in [-0.25, -0.2) is 0 Å². The number of carbonyl (C=O) groups excluding carboxylic acids is 3. The molecule has 602 valence electrons. The molecule has 10 N–H and O–H groups in total. The molecule has 0 spiro atoms. The summed E-state index contributed by atoms with van der Waals surface area (Å²) >= 11 is 0. The first-order valence-corrected chi connectivity index (χ1v) is 37.8. The highest BCUT2D eigenvalue weighted by molar-refractivity contribution is 5.83. The lowest BCUT2D eigenvalue weighted by Crippen LogP contribution is -2.62. The number of esters is 2. The van der Waals surface area contributed by atoms with Crippen LogP contribution in [0.25, 0.3) is 0 Å². The maximum Gasteiger partial charge on any atom is 0.311 e. The Labute approximate surface area is 612 Å². The molecular formula is C75H136N2O26. The predicted molar refractivity (Wildman–Crippen MR) is 376 cm³/mol. The molecule has 6 aliphatic rings. The third-order valence-electron chi connectivity index (χ3n) is 24.9. The molecule has 0 aromatic rings. The highest BCUT2D eigenvalue weighted by Gasteiger charge is 2.58. The van der Waals surface area contributed by atoms with Gasteiger partial charge in [0.25, 0.3) is 0 Å². The fourth-order valence-electron chi connectivity index (χ4n) is 17.7. The normalized spacial score (nSPS) is 50.3. The minimum absolute atomic E-state index is 0.0133. The standard InChI is InChI=1S/C75H136N2O26/c1-26-50-74(19,89)60(82)40(7)54(78)36(3)32-70(15,88)64(42(9)58(44(11)66(86)98-50)100-52-34-71(16,91-23)62(84)46(13)96-52)102-68-56(80)48(30-38(5)94-68)76(21)28-29-77(22)49-31-39(6)95-69(57(49)81)103-65-43(10)59(101-53-35-72(17,92-24)63(85)47(14)97-53)45(12)67(87)99-51(27-2)75(20,90)61(83)41(8)55(79)37(4)33-73(65,18)93-25/h36-54,56-65,68-69,78,80-85,88-90H,26-35H2,1-25H3/t36-,37-,38-,39-,40+,41+,42+,43+,44-,45-,46+,47+,48+,49+,50-,51-,52+,53+,54+,56-,57-,58+,59+,60-,61-,62+,63+,64-,65-,68+,69+,70-,71-,72-,73-,74-,75-/m1/s1. The molecule has 28 heteroatoms. The van der Waals surface area contributed by atoms with E-state index in [0.717, 1.165) is 0 Å². The number of aliphatic hydroxyl groups is 10. The molecule has 0 unspecified atom stereocenters. The number of Topliss-reactive ketones (excluding diaryl/α,β-unsaturated/α-hetero) is 1. The minimum atomic E-state index is -2.07. The molecule has 0 aromatic heterocycles. The summed E-state index contributed by atoms with van der Waals surface area (Å²) in [5, 5.41) is 120. The number of cyclic esters (lactones) is 2. The van der Waals surface area contributed by atoms with Crippen molar-refractivity contribution in [1.82, 2.24) is 9.80 Å². The number of hydrogen-bond donors (Lipinski definition) is 10. The van der Waals surface area contributed by atoms with Crippen LogP contribution in [0.15, 0.2) is 0 Å². The van der Waals surface area contributed by atoms with Crippen molar-refractivity contribution in [2.45, 2.75) is 364 Å². The number of likely N-dealkylation sites (N-methyl/N-ethyl adjacent to an activating group) is 2. The molecule has 6 rings (SSSR count). The quantitative estimate of drug-likeness (QED) is 0.0873. The van der Waals surface area contributed by atoms with Crippen LogP contribution in [-0.4, -0.2) is 302 Å². The molecule has 0 saturated carbocycles. The van der Waals surface area contributed by atoms with Crippen LogP contribution < -0.4 is 0 Å². The number of carbonyl (C=O) groups is 3. The lowest BCUT2D eigenvalue weighted by molar-refractivity contribution is -0.320. The van der Waals surface area contributed by atoms with E-state index in [0.29, 0.717) is 25.9 Å². The molecule has 0 aliphatic carbocycles. The average molecular weight is 1480 g/mol. The summed E-state index contributed by atoms with van der Waals surface area (Å²) in [5.41, 5.74) is -9.74. The number of ketones is 1. The fourth-order valence-corrected chi connectivity index (χ4v) is 17.7. The van der Waals surface area contributed by atoms with E-state index in [1.54, 1.807) is 96.9 Å². The second-order valence-corrected chi connectivity index (χ2v) is 33.4. The van der Waals surface area contributed by atoms with Crippen molar-refractivity contribution >= 4 is 17.7 Å². The Morgan fingerprint density at radius 2 is 0.835 bits per heavy atom. The molecule has 0 bridgehead atoms. The maximum absolute atomic E-state index is 14.7. The van der Waals surface area contributed by atoms with Crippen molar-refractivity contribution in [3.05, 3.63) is 0 Å². The van der Waals surface area contributed by atoms with E-state index in [1.807, 2.05) is 37.7 Å². The van der Waals surface area contributed by atoms with Gasteiger partial charge in [0.05, 0.1) is 101 Å². The third-order valence-corrected chi connectivity index (χ3v) is 24.9. The Hall–Kier alpha value is -2.31. The summed E-state index contributed by atoms with van der Waals surface area (Å²) in [6, 6.07) is -1.25. The van der Waals surface area contributed by atoms with Gasteiger partial charge < -0.3 is 113 Å². The summed E-state index contributed by atoms with van der Waals surface area (Å²) in [6.07, 6.45) is -23.6. The Kier molecular flexibility index (Phi) is 31.1. The van der Waals surface area contributed by atoms with Crippen molar-refractivity contribution in [2.24, 2.45) is 47.3 Å². The first-order chi connectivity index (χ1) is 47.6. The molecule has 0 aromatic carbocycles. The van der Waals surface area contributed by atoms with E-state index in [-0.39, 0.29) is 38.5 Å². The number of aliphatic hydroxyl groups excluding tert-OH is 7. The van der Waals surface area contributed by atoms with Gasteiger partial charge in [0.1, 0.15) is 53.6 Å². The molecule has 6 saturated heterocycles. The van der Waals surface area contributed by atoms with Crippen LogP contribution in [0.3, 0.4) is 0 Å². The van der Waals surface area contributed by atoms with E-state index in [4.69, 9.17) is 61.6 Å². The van der Waals surface area contributed by atoms with Gasteiger partial charge in [-0.3, -0.25) is 24.2 Å². The van der Waals surface area contributed by atoms with Gasteiger partial charge in [-0.1, -0.05) is 55.4 Å². The smallest absolute Gasteiger partial charge is 0.311 e. The summed E-state index contributed by atoms with van der Waals surface area (Å²) in [4.78, 5) is 47.9. The summed E-state index contributed by atoms with van der Waals surface area (Å²) in [5.74, 6) is -9.91. The Bertz CT molecular complexity index is 2700. The number of nitrogens with zero attached hydrogens (tertiary/aromatic N) is 2. The maximum atomic E-state index is 14.7. The van der Waals surface area contributed by atoms with Crippen molar-refractivity contribution in [1.29, 1.82) is 0 Å². The van der Waals surface area contributed by atoms with E-state index in [2.05, 4.69) is 0 Å². The van der Waals surface area contributed by atoms with Gasteiger partial charge in [0.15, 0.2) is 25.2 Å². The third kappa shape index (κ3) is 19.7. The Morgan fingerprint density at radius 1 is 0.456 bits per heavy atom. The van der Waals surface area contributed by atoms with Crippen LogP contribution in [0.4, 0.5) is 0 Å². The topological polar surface area (TPSA) is 380 Å². The van der Waals surface area contributed by atoms with E-state index in [1.165, 1.54) is 49.0 Å². The van der Waals surface area contributed by atoms with Gasteiger partial charge in [-0.05, 0) is 142 Å². The zero-order valence-electron chi connectivity index (χ0n) is 66.4. The van der Waals surface area contributed by atoms with Crippen LogP contribution in [0.2, 0.25) is 0 Å². The molecule has 0 amide bonds. The molecule has 6 heterocycles. The minimum Gasteiger partial charge on any atom is -0.459 e. The molecule has 6 fully saturated rings.